The molecular weight excluding hydrogens is 633 g/mol. The van der Waals surface area contributed by atoms with E-state index in [1.807, 2.05) is 6.07 Å². The average Bonchev–Trinajstić information content (AvgIpc) is 3.21. The summed E-state index contributed by atoms with van der Waals surface area (Å²) in [6.45, 7) is 6.61. The fourth-order valence-electron chi connectivity index (χ4n) is 7.20. The summed E-state index contributed by atoms with van der Waals surface area (Å²) in [5, 5.41) is 0. The van der Waals surface area contributed by atoms with Gasteiger partial charge in [0.05, 0.1) is 22.4 Å². The Morgan fingerprint density at radius 2 is 1.02 bits per heavy atom. The molecule has 4 nitrogen and oxygen atoms in total. The second-order valence-corrected chi connectivity index (χ2v) is 13.4. The Bertz CT molecular complexity index is 2320. The fraction of sp³-hybridized carbons (Fsp3) is 0.125. The van der Waals surface area contributed by atoms with Crippen LogP contribution in [0.5, 0.6) is 0 Å². The summed E-state index contributed by atoms with van der Waals surface area (Å²) in [5.41, 5.74) is 15.0. The van der Waals surface area contributed by atoms with Crippen molar-refractivity contribution in [2.75, 3.05) is 9.80 Å². The zero-order chi connectivity index (χ0) is 35.4. The summed E-state index contributed by atoms with van der Waals surface area (Å²) in [4.78, 5) is 15.4. The van der Waals surface area contributed by atoms with Crippen LogP contribution in [-0.4, -0.2) is 9.97 Å². The number of fused-ring (bicyclic) bond motifs is 1. The van der Waals surface area contributed by atoms with Crippen molar-refractivity contribution in [2.45, 2.75) is 33.6 Å². The topological polar surface area (TPSA) is 32.3 Å². The third-order valence-electron chi connectivity index (χ3n) is 9.99. The minimum Gasteiger partial charge on any atom is -0.314 e. The number of rotatable bonds is 9. The number of aryl methyl sites for hydroxylation is 2. The molecule has 0 saturated heterocycles. The van der Waals surface area contributed by atoms with Crippen molar-refractivity contribution >= 4 is 39.5 Å². The number of nitrogens with zero attached hydrogens (tertiary/aromatic N) is 4. The van der Waals surface area contributed by atoms with Crippen molar-refractivity contribution in [1.29, 1.82) is 0 Å². The number of benzene rings is 6. The molecule has 1 atom stereocenters. The van der Waals surface area contributed by atoms with Gasteiger partial charge in [-0.05, 0) is 97.6 Å². The Morgan fingerprint density at radius 1 is 0.538 bits per heavy atom. The van der Waals surface area contributed by atoms with E-state index in [1.54, 1.807) is 0 Å². The van der Waals surface area contributed by atoms with E-state index in [1.165, 1.54) is 11.3 Å². The quantitative estimate of drug-likeness (QED) is 0.153. The van der Waals surface area contributed by atoms with Gasteiger partial charge in [-0.2, -0.15) is 0 Å². The number of allylic oxidation sites excluding steroid dienone is 4. The second kappa shape index (κ2) is 14.5. The number of aromatic nitrogens is 2. The first-order valence-corrected chi connectivity index (χ1v) is 18.2. The molecule has 0 amide bonds. The highest BCUT2D eigenvalue weighted by Gasteiger charge is 2.23. The van der Waals surface area contributed by atoms with Crippen LogP contribution in [0.3, 0.4) is 0 Å². The first kappa shape index (κ1) is 32.9. The van der Waals surface area contributed by atoms with Gasteiger partial charge in [0.25, 0.3) is 0 Å². The molecule has 6 aromatic carbocycles. The Morgan fingerprint density at radius 3 is 1.58 bits per heavy atom. The zero-order valence-electron chi connectivity index (χ0n) is 29.9. The molecule has 0 spiro atoms. The predicted molar refractivity (Wildman–Crippen MR) is 219 cm³/mol. The third kappa shape index (κ3) is 6.40. The van der Waals surface area contributed by atoms with Gasteiger partial charge in [0.15, 0.2) is 0 Å². The van der Waals surface area contributed by atoms with Gasteiger partial charge in [-0.3, -0.25) is 0 Å². The van der Waals surface area contributed by atoms with Crippen molar-refractivity contribution in [2.24, 2.45) is 5.92 Å². The van der Waals surface area contributed by atoms with Crippen molar-refractivity contribution in [1.82, 2.24) is 9.97 Å². The first-order chi connectivity index (χ1) is 25.6. The lowest BCUT2D eigenvalue weighted by Gasteiger charge is -2.33. The Labute approximate surface area is 307 Å². The van der Waals surface area contributed by atoms with Gasteiger partial charge in [0, 0.05) is 51.2 Å². The van der Waals surface area contributed by atoms with Crippen LogP contribution < -0.4 is 9.80 Å². The van der Waals surface area contributed by atoms with Gasteiger partial charge < -0.3 is 9.80 Å². The number of hydrogen-bond acceptors (Lipinski definition) is 4. The van der Waals surface area contributed by atoms with Crippen LogP contribution >= 0.6 is 0 Å². The van der Waals surface area contributed by atoms with E-state index in [4.69, 9.17) is 9.97 Å². The maximum atomic E-state index is 5.36. The molecule has 1 aromatic heterocycles. The average molecular weight is 675 g/mol. The fourth-order valence-corrected chi connectivity index (χ4v) is 7.20. The summed E-state index contributed by atoms with van der Waals surface area (Å²) in [7, 11) is 0. The van der Waals surface area contributed by atoms with E-state index in [9.17, 15) is 0 Å². The summed E-state index contributed by atoms with van der Waals surface area (Å²) in [6.07, 6.45) is 8.60. The van der Waals surface area contributed by atoms with Crippen LogP contribution in [0, 0.1) is 12.8 Å². The molecule has 4 heteroatoms. The highest BCUT2D eigenvalue weighted by atomic mass is 15.2. The standard InChI is InChI=1S/C48H42N4/c1-4-36-25-24-35(3)45-46(36)50-48(47(49-45)37-17-8-5-9-18-37)38-26-28-42(29-27-38)52(44-23-15-14-16-34(44)2)43-32-30-41(31-33-43)51(39-19-10-6-11-20-39)40-21-12-7-13-22-40/h5-15,17-34H,4,16H2,1-3H3. The van der Waals surface area contributed by atoms with Crippen molar-refractivity contribution in [3.63, 3.8) is 0 Å². The maximum absolute atomic E-state index is 5.36. The molecule has 0 fully saturated rings. The number of para-hydroxylation sites is 2. The van der Waals surface area contributed by atoms with Gasteiger partial charge >= 0.3 is 0 Å². The highest BCUT2D eigenvalue weighted by Crippen LogP contribution is 2.41. The molecule has 0 bridgehead atoms. The SMILES string of the molecule is CCc1ccc(C)c2nc(-c3ccccc3)c(-c3ccc(N(C4=CC=CCC4C)c4ccc(N(c5ccccc5)c5ccccc5)cc4)cc3)nc12. The molecule has 1 heterocycles. The van der Waals surface area contributed by atoms with E-state index in [-0.39, 0.29) is 0 Å². The molecule has 8 rings (SSSR count). The van der Waals surface area contributed by atoms with Gasteiger partial charge in [-0.1, -0.05) is 117 Å². The van der Waals surface area contributed by atoms with Crippen molar-refractivity contribution in [3.8, 4) is 22.5 Å². The first-order valence-electron chi connectivity index (χ1n) is 18.2. The van der Waals surface area contributed by atoms with Crippen LogP contribution in [0.4, 0.5) is 28.4 Å². The molecule has 1 aliphatic rings. The monoisotopic (exact) mass is 674 g/mol. The predicted octanol–water partition coefficient (Wildman–Crippen LogP) is 12.9. The zero-order valence-corrected chi connectivity index (χ0v) is 29.9. The largest absolute Gasteiger partial charge is 0.314 e. The Hall–Kier alpha value is -6.26. The van der Waals surface area contributed by atoms with Crippen molar-refractivity contribution < 1.29 is 0 Å². The molecule has 0 N–H and O–H groups in total. The van der Waals surface area contributed by atoms with Crippen LogP contribution in [-0.2, 0) is 6.42 Å². The van der Waals surface area contributed by atoms with Gasteiger partial charge in [-0.15, -0.1) is 0 Å². The summed E-state index contributed by atoms with van der Waals surface area (Å²) in [5.74, 6) is 0.362. The van der Waals surface area contributed by atoms with Gasteiger partial charge in [0.2, 0.25) is 0 Å². The minimum atomic E-state index is 0.362. The third-order valence-corrected chi connectivity index (χ3v) is 9.99. The molecule has 254 valence electrons. The van der Waals surface area contributed by atoms with Crippen LogP contribution in [0.2, 0.25) is 0 Å². The van der Waals surface area contributed by atoms with Gasteiger partial charge in [0.1, 0.15) is 0 Å². The molecule has 0 aliphatic heterocycles. The smallest absolute Gasteiger partial charge is 0.0973 e. The van der Waals surface area contributed by atoms with Gasteiger partial charge in [-0.25, -0.2) is 9.97 Å². The normalized spacial score (nSPS) is 13.9. The minimum absolute atomic E-state index is 0.362. The second-order valence-electron chi connectivity index (χ2n) is 13.4. The van der Waals surface area contributed by atoms with E-state index >= 15 is 0 Å². The van der Waals surface area contributed by atoms with E-state index in [0.717, 1.165) is 80.4 Å². The molecule has 0 radical (unpaired) electrons. The van der Waals surface area contributed by atoms with E-state index in [2.05, 4.69) is 194 Å². The highest BCUT2D eigenvalue weighted by molar-refractivity contribution is 5.90. The van der Waals surface area contributed by atoms with E-state index in [0.29, 0.717) is 5.92 Å². The van der Waals surface area contributed by atoms with Crippen LogP contribution in [0.1, 0.15) is 31.4 Å². The Balaban J connectivity index is 1.22. The summed E-state index contributed by atoms with van der Waals surface area (Å²) in [6, 6.07) is 53.7. The lowest BCUT2D eigenvalue weighted by molar-refractivity contribution is 0.670. The number of hydrogen-bond donors (Lipinski definition) is 0. The lowest BCUT2D eigenvalue weighted by Crippen LogP contribution is -2.22. The van der Waals surface area contributed by atoms with E-state index < -0.39 is 0 Å². The van der Waals surface area contributed by atoms with Crippen LogP contribution in [0.15, 0.2) is 176 Å². The summed E-state index contributed by atoms with van der Waals surface area (Å²) >= 11 is 0. The van der Waals surface area contributed by atoms with Crippen molar-refractivity contribution in [3.05, 3.63) is 187 Å². The Kier molecular flexibility index (Phi) is 9.20. The molecule has 1 aliphatic carbocycles. The van der Waals surface area contributed by atoms with Crippen LogP contribution in [0.25, 0.3) is 33.5 Å². The molecule has 0 saturated carbocycles. The lowest BCUT2D eigenvalue weighted by atomic mass is 9.96. The molecule has 7 aromatic rings. The molecule has 52 heavy (non-hydrogen) atoms. The maximum Gasteiger partial charge on any atom is 0.0973 e. The molecular formula is C48H42N4. The molecule has 1 unspecified atom stereocenters. The summed E-state index contributed by atoms with van der Waals surface area (Å²) < 4.78 is 0. The number of anilines is 5.